The highest BCUT2D eigenvalue weighted by atomic mass is 35.5. The summed E-state index contributed by atoms with van der Waals surface area (Å²) >= 11 is 11.9. The maximum atomic E-state index is 11.8. The predicted molar refractivity (Wildman–Crippen MR) is 100 cm³/mol. The molecule has 0 aliphatic heterocycles. The Hall–Kier alpha value is -1.86. The van der Waals surface area contributed by atoms with Gasteiger partial charge in [-0.05, 0) is 54.0 Å². The van der Waals surface area contributed by atoms with Crippen LogP contribution in [-0.4, -0.2) is 20.9 Å². The second kappa shape index (κ2) is 8.49. The number of hydrogen-bond acceptors (Lipinski definition) is 3. The van der Waals surface area contributed by atoms with E-state index in [9.17, 15) is 13.2 Å². The van der Waals surface area contributed by atoms with Crippen LogP contribution in [0.15, 0.2) is 53.4 Å². The fraction of sp³-hybridized carbons (Fsp3) is 0.118. The predicted octanol–water partition coefficient (Wildman–Crippen LogP) is 3.01. The molecule has 0 heterocycles. The molecule has 0 spiro atoms. The van der Waals surface area contributed by atoms with Gasteiger partial charge in [-0.2, -0.15) is 0 Å². The first-order valence-electron chi connectivity index (χ1n) is 7.28. The Balaban J connectivity index is 1.86. The molecule has 0 saturated carbocycles. The molecule has 0 aliphatic rings. The summed E-state index contributed by atoms with van der Waals surface area (Å²) in [6.45, 7) is 0.404. The molecule has 1 amide bonds. The van der Waals surface area contributed by atoms with Crippen LogP contribution >= 0.6 is 23.2 Å². The lowest BCUT2D eigenvalue weighted by atomic mass is 10.1. The first kappa shape index (κ1) is 19.5. The minimum Gasteiger partial charge on any atom is -0.352 e. The standard InChI is InChI=1S/C17H16Cl2N2O3S/c18-14-4-7-16(19)13(11-14)3-8-17(22)21-10-9-12-1-5-15(6-2-12)25(20,23)24/h1-8,11H,9-10H2,(H,21,22)(H2,20,23,24)/b8-3+. The minimum absolute atomic E-state index is 0.0571. The molecular weight excluding hydrogens is 383 g/mol. The Morgan fingerprint density at radius 3 is 2.44 bits per heavy atom. The van der Waals surface area contributed by atoms with Crippen LogP contribution in [0.1, 0.15) is 11.1 Å². The lowest BCUT2D eigenvalue weighted by molar-refractivity contribution is -0.116. The van der Waals surface area contributed by atoms with Crippen molar-refractivity contribution in [1.29, 1.82) is 0 Å². The second-order valence-electron chi connectivity index (χ2n) is 5.23. The van der Waals surface area contributed by atoms with Gasteiger partial charge in [0.05, 0.1) is 4.90 Å². The summed E-state index contributed by atoms with van der Waals surface area (Å²) in [6.07, 6.45) is 3.52. The summed E-state index contributed by atoms with van der Waals surface area (Å²) in [7, 11) is -3.69. The number of sulfonamides is 1. The van der Waals surface area contributed by atoms with E-state index in [0.717, 1.165) is 5.56 Å². The fourth-order valence-corrected chi connectivity index (χ4v) is 2.92. The van der Waals surface area contributed by atoms with Gasteiger partial charge in [0, 0.05) is 22.7 Å². The number of hydrogen-bond donors (Lipinski definition) is 2. The van der Waals surface area contributed by atoms with Crippen molar-refractivity contribution in [1.82, 2.24) is 5.32 Å². The summed E-state index contributed by atoms with van der Waals surface area (Å²) in [5, 5.41) is 8.81. The number of halogens is 2. The van der Waals surface area contributed by atoms with Crippen LogP contribution < -0.4 is 10.5 Å². The third-order valence-electron chi connectivity index (χ3n) is 3.34. The topological polar surface area (TPSA) is 89.3 Å². The van der Waals surface area contributed by atoms with Crippen LogP contribution in [0.25, 0.3) is 6.08 Å². The largest absolute Gasteiger partial charge is 0.352 e. The molecule has 2 aromatic rings. The number of nitrogens with one attached hydrogen (secondary N) is 1. The summed E-state index contributed by atoms with van der Waals surface area (Å²) in [6, 6.07) is 11.2. The molecule has 2 aromatic carbocycles. The van der Waals surface area contributed by atoms with Crippen LogP contribution in [-0.2, 0) is 21.2 Å². The Labute approximate surface area is 156 Å². The van der Waals surface area contributed by atoms with Gasteiger partial charge in [-0.3, -0.25) is 4.79 Å². The molecule has 0 aliphatic carbocycles. The number of nitrogens with two attached hydrogens (primary N) is 1. The monoisotopic (exact) mass is 398 g/mol. The average Bonchev–Trinajstić information content (AvgIpc) is 2.55. The zero-order valence-corrected chi connectivity index (χ0v) is 15.4. The fourth-order valence-electron chi connectivity index (χ4n) is 2.04. The van der Waals surface area contributed by atoms with E-state index in [1.54, 1.807) is 36.4 Å². The number of rotatable bonds is 6. The summed E-state index contributed by atoms with van der Waals surface area (Å²) in [5.41, 5.74) is 1.54. The molecule has 0 saturated heterocycles. The smallest absolute Gasteiger partial charge is 0.244 e. The first-order chi connectivity index (χ1) is 11.8. The molecule has 0 unspecified atom stereocenters. The van der Waals surface area contributed by atoms with Crippen LogP contribution in [0, 0.1) is 0 Å². The molecule has 25 heavy (non-hydrogen) atoms. The third-order valence-corrected chi connectivity index (χ3v) is 4.85. The van der Waals surface area contributed by atoms with Crippen LogP contribution in [0.5, 0.6) is 0 Å². The second-order valence-corrected chi connectivity index (χ2v) is 7.63. The lowest BCUT2D eigenvalue weighted by Crippen LogP contribution is -2.23. The van der Waals surface area contributed by atoms with Crippen molar-refractivity contribution in [2.24, 2.45) is 5.14 Å². The molecule has 0 bridgehead atoms. The van der Waals surface area contributed by atoms with Gasteiger partial charge in [0.25, 0.3) is 0 Å². The molecule has 3 N–H and O–H groups in total. The highest BCUT2D eigenvalue weighted by Crippen LogP contribution is 2.21. The zero-order chi connectivity index (χ0) is 18.4. The van der Waals surface area contributed by atoms with Crippen LogP contribution in [0.4, 0.5) is 0 Å². The lowest BCUT2D eigenvalue weighted by Gasteiger charge is -2.04. The Morgan fingerprint density at radius 2 is 1.80 bits per heavy atom. The Morgan fingerprint density at radius 1 is 1.12 bits per heavy atom. The van der Waals surface area contributed by atoms with Gasteiger partial charge in [0.15, 0.2) is 0 Å². The average molecular weight is 399 g/mol. The molecule has 8 heteroatoms. The number of carbonyl (C=O) groups excluding carboxylic acids is 1. The van der Waals surface area contributed by atoms with Crippen molar-refractivity contribution in [3.05, 3.63) is 69.7 Å². The zero-order valence-electron chi connectivity index (χ0n) is 13.1. The Bertz CT molecular complexity index is 895. The summed E-state index contributed by atoms with van der Waals surface area (Å²) in [4.78, 5) is 11.9. The van der Waals surface area contributed by atoms with Gasteiger partial charge < -0.3 is 5.32 Å². The number of benzene rings is 2. The third kappa shape index (κ3) is 6.17. The Kier molecular flexibility index (Phi) is 6.61. The van der Waals surface area contributed by atoms with Gasteiger partial charge in [-0.25, -0.2) is 13.6 Å². The maximum absolute atomic E-state index is 11.8. The van der Waals surface area contributed by atoms with Crippen molar-refractivity contribution in [3.8, 4) is 0 Å². The van der Waals surface area contributed by atoms with E-state index in [-0.39, 0.29) is 10.8 Å². The van der Waals surface area contributed by atoms with Crippen molar-refractivity contribution >= 4 is 45.2 Å². The molecule has 0 aromatic heterocycles. The van der Waals surface area contributed by atoms with E-state index in [2.05, 4.69) is 5.32 Å². The summed E-state index contributed by atoms with van der Waals surface area (Å²) < 4.78 is 22.4. The molecule has 132 valence electrons. The first-order valence-corrected chi connectivity index (χ1v) is 9.58. The van der Waals surface area contributed by atoms with Crippen molar-refractivity contribution in [2.75, 3.05) is 6.54 Å². The minimum atomic E-state index is -3.69. The molecular formula is C17H16Cl2N2O3S. The highest BCUT2D eigenvalue weighted by Gasteiger charge is 2.06. The maximum Gasteiger partial charge on any atom is 0.244 e. The van der Waals surface area contributed by atoms with E-state index in [1.807, 2.05) is 0 Å². The molecule has 2 rings (SSSR count). The normalized spacial score (nSPS) is 11.6. The highest BCUT2D eigenvalue weighted by molar-refractivity contribution is 7.89. The van der Waals surface area contributed by atoms with E-state index >= 15 is 0 Å². The molecule has 5 nitrogen and oxygen atoms in total. The molecule has 0 atom stereocenters. The van der Waals surface area contributed by atoms with Gasteiger partial charge in [0.2, 0.25) is 15.9 Å². The quantitative estimate of drug-likeness (QED) is 0.732. The van der Waals surface area contributed by atoms with E-state index in [1.165, 1.54) is 18.2 Å². The molecule has 0 fully saturated rings. The van der Waals surface area contributed by atoms with E-state index in [4.69, 9.17) is 28.3 Å². The van der Waals surface area contributed by atoms with Gasteiger partial charge in [0.1, 0.15) is 0 Å². The van der Waals surface area contributed by atoms with Gasteiger partial charge >= 0.3 is 0 Å². The van der Waals surface area contributed by atoms with Gasteiger partial charge in [-0.1, -0.05) is 35.3 Å². The van der Waals surface area contributed by atoms with Crippen LogP contribution in [0.2, 0.25) is 10.0 Å². The van der Waals surface area contributed by atoms with Gasteiger partial charge in [-0.15, -0.1) is 0 Å². The number of primary sulfonamides is 1. The van der Waals surface area contributed by atoms with Crippen LogP contribution in [0.3, 0.4) is 0 Å². The van der Waals surface area contributed by atoms with E-state index < -0.39 is 10.0 Å². The number of carbonyl (C=O) groups is 1. The number of amides is 1. The van der Waals surface area contributed by atoms with Crippen molar-refractivity contribution in [2.45, 2.75) is 11.3 Å². The van der Waals surface area contributed by atoms with Crippen molar-refractivity contribution in [3.63, 3.8) is 0 Å². The SMILES string of the molecule is NS(=O)(=O)c1ccc(CCNC(=O)/C=C/c2cc(Cl)ccc2Cl)cc1. The van der Waals surface area contributed by atoms with Crippen molar-refractivity contribution < 1.29 is 13.2 Å². The summed E-state index contributed by atoms with van der Waals surface area (Å²) in [5.74, 6) is -0.266. The molecule has 0 radical (unpaired) electrons. The van der Waals surface area contributed by atoms with E-state index in [0.29, 0.717) is 28.6 Å².